The van der Waals surface area contributed by atoms with Crippen molar-refractivity contribution < 1.29 is 29.1 Å². The number of nitrogens with one attached hydrogen (secondary N) is 2. The largest absolute Gasteiger partial charge is 0.481 e. The number of hydrogen-bond acceptors (Lipinski definition) is 5. The van der Waals surface area contributed by atoms with Crippen molar-refractivity contribution in [3.8, 4) is 0 Å². The maximum absolute atomic E-state index is 13.9. The van der Waals surface area contributed by atoms with E-state index in [1.807, 2.05) is 12.1 Å². The molecule has 2 aromatic carbocycles. The Morgan fingerprint density at radius 3 is 2.18 bits per heavy atom. The zero-order valence-electron chi connectivity index (χ0n) is 25.9. The molecule has 0 saturated heterocycles. The van der Waals surface area contributed by atoms with Crippen molar-refractivity contribution >= 4 is 35.3 Å². The Kier molecular flexibility index (Phi) is 9.23. The molecule has 2 aromatic rings. The van der Waals surface area contributed by atoms with Crippen LogP contribution in [0.4, 0.5) is 5.69 Å². The van der Waals surface area contributed by atoms with Gasteiger partial charge in [0.1, 0.15) is 0 Å². The van der Waals surface area contributed by atoms with Crippen LogP contribution >= 0.6 is 0 Å². The van der Waals surface area contributed by atoms with Gasteiger partial charge in [0.15, 0.2) is 0 Å². The van der Waals surface area contributed by atoms with E-state index in [0.29, 0.717) is 47.2 Å². The highest BCUT2D eigenvalue weighted by Gasteiger charge is 2.40. The lowest BCUT2D eigenvalue weighted by Crippen LogP contribution is -2.35. The van der Waals surface area contributed by atoms with Crippen LogP contribution in [-0.4, -0.2) is 52.7 Å². The Morgan fingerprint density at radius 1 is 0.909 bits per heavy atom. The number of fused-ring (bicyclic) bond motifs is 1. The third-order valence-corrected chi connectivity index (χ3v) is 9.57. The number of nitrogens with zero attached hydrogens (tertiary/aromatic N) is 1. The Bertz CT molecular complexity index is 1430. The number of aliphatic carboxylic acids is 1. The van der Waals surface area contributed by atoms with Crippen molar-refractivity contribution in [2.24, 2.45) is 29.1 Å². The number of carbonyl (C=O) groups excluding carboxylic acids is 4. The molecule has 2 aliphatic carbocycles. The van der Waals surface area contributed by atoms with E-state index < -0.39 is 5.97 Å². The highest BCUT2D eigenvalue weighted by molar-refractivity contribution is 6.22. The first-order chi connectivity index (χ1) is 20.9. The maximum atomic E-state index is 13.9. The lowest BCUT2D eigenvalue weighted by Gasteiger charge is -2.39. The van der Waals surface area contributed by atoms with Gasteiger partial charge < -0.3 is 15.7 Å². The summed E-state index contributed by atoms with van der Waals surface area (Å²) in [6.45, 7) is 7.32. The van der Waals surface area contributed by atoms with Crippen LogP contribution in [0.1, 0.15) is 102 Å². The van der Waals surface area contributed by atoms with E-state index >= 15 is 0 Å². The van der Waals surface area contributed by atoms with Crippen LogP contribution in [0.15, 0.2) is 42.5 Å². The normalized spacial score (nSPS) is 20.7. The van der Waals surface area contributed by atoms with Gasteiger partial charge in [0.05, 0.1) is 17.5 Å². The van der Waals surface area contributed by atoms with E-state index in [9.17, 15) is 24.0 Å². The lowest BCUT2D eigenvalue weighted by atomic mass is 9.66. The van der Waals surface area contributed by atoms with Crippen LogP contribution < -0.4 is 10.6 Å². The summed E-state index contributed by atoms with van der Waals surface area (Å²) in [5.41, 5.74) is 2.80. The van der Waals surface area contributed by atoms with Crippen molar-refractivity contribution in [2.75, 3.05) is 18.4 Å². The van der Waals surface area contributed by atoms with Gasteiger partial charge in [-0.1, -0.05) is 32.9 Å². The molecule has 44 heavy (non-hydrogen) atoms. The van der Waals surface area contributed by atoms with E-state index in [1.54, 1.807) is 30.3 Å². The van der Waals surface area contributed by atoms with Crippen molar-refractivity contribution in [1.29, 1.82) is 0 Å². The van der Waals surface area contributed by atoms with Gasteiger partial charge in [0.25, 0.3) is 17.7 Å². The highest BCUT2D eigenvalue weighted by Crippen LogP contribution is 2.43. The zero-order valence-corrected chi connectivity index (χ0v) is 25.9. The number of carbonyl (C=O) groups is 5. The first-order valence-corrected chi connectivity index (χ1v) is 15.8. The molecule has 4 amide bonds. The first-order valence-electron chi connectivity index (χ1n) is 15.8. The molecule has 0 aromatic heterocycles. The summed E-state index contributed by atoms with van der Waals surface area (Å²) in [5, 5.41) is 14.5. The second kappa shape index (κ2) is 12.9. The van der Waals surface area contributed by atoms with E-state index in [0.717, 1.165) is 44.1 Å². The van der Waals surface area contributed by atoms with Gasteiger partial charge in [-0.05, 0) is 104 Å². The third kappa shape index (κ3) is 7.37. The van der Waals surface area contributed by atoms with E-state index in [4.69, 9.17) is 5.11 Å². The van der Waals surface area contributed by atoms with Gasteiger partial charge in [-0.25, -0.2) is 0 Å². The molecular weight excluding hydrogens is 558 g/mol. The number of amides is 4. The quantitative estimate of drug-likeness (QED) is 0.290. The van der Waals surface area contributed by atoms with Crippen molar-refractivity contribution in [3.63, 3.8) is 0 Å². The lowest BCUT2D eigenvalue weighted by molar-refractivity contribution is -0.136. The minimum Gasteiger partial charge on any atom is -0.481 e. The molecule has 3 N–H and O–H groups in total. The van der Waals surface area contributed by atoms with E-state index in [2.05, 4.69) is 31.4 Å². The van der Waals surface area contributed by atoms with Gasteiger partial charge >= 0.3 is 5.97 Å². The molecule has 5 rings (SSSR count). The minimum absolute atomic E-state index is 0.0520. The van der Waals surface area contributed by atoms with E-state index in [-0.39, 0.29) is 53.8 Å². The molecule has 0 bridgehead atoms. The van der Waals surface area contributed by atoms with E-state index in [1.165, 1.54) is 4.90 Å². The SMILES string of the molecule is CC(C)(C)C1CCC(C(Cc2ccc(C(=O)NCCC(=O)O)cc2)C(=O)Nc2ccc3c(c2)C(=O)N(CC2CC2)C3=O)CC1. The van der Waals surface area contributed by atoms with Crippen molar-refractivity contribution in [1.82, 2.24) is 10.2 Å². The smallest absolute Gasteiger partial charge is 0.305 e. The van der Waals surface area contributed by atoms with Crippen LogP contribution in [0.5, 0.6) is 0 Å². The molecule has 2 fully saturated rings. The van der Waals surface area contributed by atoms with Gasteiger partial charge in [0.2, 0.25) is 5.91 Å². The van der Waals surface area contributed by atoms with Gasteiger partial charge in [-0.2, -0.15) is 0 Å². The summed E-state index contributed by atoms with van der Waals surface area (Å²) < 4.78 is 0. The Morgan fingerprint density at radius 2 is 1.57 bits per heavy atom. The maximum Gasteiger partial charge on any atom is 0.305 e. The minimum atomic E-state index is -0.975. The second-order valence-corrected chi connectivity index (χ2v) is 13.8. The fraction of sp³-hybridized carbons (Fsp3) is 0.514. The number of anilines is 1. The fourth-order valence-corrected chi connectivity index (χ4v) is 6.62. The third-order valence-electron chi connectivity index (χ3n) is 9.57. The van der Waals surface area contributed by atoms with Crippen LogP contribution in [0, 0.1) is 29.1 Å². The molecule has 3 aliphatic rings. The first kappa shape index (κ1) is 31.4. The molecule has 1 atom stereocenters. The Labute approximate surface area is 258 Å². The zero-order chi connectivity index (χ0) is 31.6. The second-order valence-electron chi connectivity index (χ2n) is 13.8. The molecule has 1 unspecified atom stereocenters. The number of hydrogen-bond donors (Lipinski definition) is 3. The highest BCUT2D eigenvalue weighted by atomic mass is 16.4. The summed E-state index contributed by atoms with van der Waals surface area (Å²) in [5.74, 6) is -1.14. The van der Waals surface area contributed by atoms with Gasteiger partial charge in [-0.15, -0.1) is 0 Å². The molecule has 2 saturated carbocycles. The predicted molar refractivity (Wildman–Crippen MR) is 166 cm³/mol. The molecule has 234 valence electrons. The molecule has 9 heteroatoms. The Hall–Kier alpha value is -4.01. The summed E-state index contributed by atoms with van der Waals surface area (Å²) in [7, 11) is 0. The van der Waals surface area contributed by atoms with Gasteiger partial charge in [-0.3, -0.25) is 28.9 Å². The predicted octanol–water partition coefficient (Wildman–Crippen LogP) is 5.55. The monoisotopic (exact) mass is 601 g/mol. The van der Waals surface area contributed by atoms with Crippen LogP contribution in [0.3, 0.4) is 0 Å². The average Bonchev–Trinajstić information content (AvgIpc) is 3.78. The standard InChI is InChI=1S/C35H43N3O6/c1-35(2,3)25-12-10-23(11-13-25)28(18-21-6-8-24(9-7-21)31(41)36-17-16-30(39)40)32(42)37-26-14-15-27-29(19-26)34(44)38(33(27)43)20-22-4-5-22/h6-9,14-15,19,22-23,25,28H,4-5,10-13,16-18,20H2,1-3H3,(H,36,41)(H,37,42)(H,39,40). The number of benzene rings is 2. The molecule has 0 spiro atoms. The molecule has 9 nitrogen and oxygen atoms in total. The summed E-state index contributed by atoms with van der Waals surface area (Å²) in [6, 6.07) is 12.1. The summed E-state index contributed by atoms with van der Waals surface area (Å²) in [6.07, 6.45) is 6.42. The number of rotatable bonds is 11. The molecule has 1 heterocycles. The number of carboxylic acid groups (broad SMARTS) is 1. The van der Waals surface area contributed by atoms with Crippen molar-refractivity contribution in [3.05, 3.63) is 64.7 Å². The van der Waals surface area contributed by atoms with Crippen LogP contribution in [-0.2, 0) is 16.0 Å². The van der Waals surface area contributed by atoms with Gasteiger partial charge in [0, 0.05) is 30.3 Å². The number of carboxylic acids is 1. The Balaban J connectivity index is 1.30. The molecular formula is C35H43N3O6. The topological polar surface area (TPSA) is 133 Å². The summed E-state index contributed by atoms with van der Waals surface area (Å²) in [4.78, 5) is 64.3. The number of imide groups is 1. The molecule has 0 radical (unpaired) electrons. The van der Waals surface area contributed by atoms with Crippen LogP contribution in [0.25, 0.3) is 0 Å². The molecule has 1 aliphatic heterocycles. The average molecular weight is 602 g/mol. The van der Waals surface area contributed by atoms with Crippen LogP contribution in [0.2, 0.25) is 0 Å². The van der Waals surface area contributed by atoms with Crippen molar-refractivity contribution in [2.45, 2.75) is 72.1 Å². The summed E-state index contributed by atoms with van der Waals surface area (Å²) >= 11 is 0. The fourth-order valence-electron chi connectivity index (χ4n) is 6.62.